The van der Waals surface area contributed by atoms with Gasteiger partial charge in [-0.25, -0.2) is 20.0 Å². The van der Waals surface area contributed by atoms with Crippen LogP contribution in [0.3, 0.4) is 0 Å². The monoisotopic (exact) mass is 380 g/mol. The molecule has 0 bridgehead atoms. The number of amides is 3. The minimum absolute atomic E-state index is 0.326. The van der Waals surface area contributed by atoms with Crippen LogP contribution in [0, 0.1) is 0 Å². The summed E-state index contributed by atoms with van der Waals surface area (Å²) in [4.78, 5) is 25.9. The molecule has 26 heavy (non-hydrogen) atoms. The second kappa shape index (κ2) is 9.51. The van der Waals surface area contributed by atoms with Gasteiger partial charge in [0.15, 0.2) is 0 Å². The lowest BCUT2D eigenvalue weighted by Crippen LogP contribution is -2.42. The molecule has 10 heteroatoms. The summed E-state index contributed by atoms with van der Waals surface area (Å²) < 4.78 is 23.6. The van der Waals surface area contributed by atoms with Gasteiger partial charge < -0.3 is 10.1 Å². The standard InChI is InChI=1S/C16H16N2O3.H4N2O2S/c1-17-16(20)18(12-8-4-3-5-9-12)15(19)13-10-6-7-11-14(13)21-2;1-5(2,3)4/h3-11H,1-2H3,(H,17,20);(H4,1,2,3,4). The summed E-state index contributed by atoms with van der Waals surface area (Å²) in [6, 6.07) is 15.0. The number of ether oxygens (including phenoxy) is 1. The van der Waals surface area contributed by atoms with Crippen molar-refractivity contribution >= 4 is 27.8 Å². The highest BCUT2D eigenvalue weighted by molar-refractivity contribution is 7.86. The second-order valence-electron chi connectivity index (χ2n) is 4.82. The molecule has 0 aliphatic carbocycles. The first-order valence-corrected chi connectivity index (χ1v) is 8.84. The van der Waals surface area contributed by atoms with Crippen LogP contribution in [-0.2, 0) is 10.2 Å². The SMILES string of the molecule is CNC(=O)N(C(=O)c1ccccc1OC)c1ccccc1.NS(N)(=O)=O. The molecule has 2 aromatic rings. The number of urea groups is 1. The van der Waals surface area contributed by atoms with Crippen molar-refractivity contribution in [3.05, 3.63) is 60.2 Å². The molecular weight excluding hydrogens is 360 g/mol. The Morgan fingerprint density at radius 3 is 2.00 bits per heavy atom. The Morgan fingerprint density at radius 1 is 1.00 bits per heavy atom. The van der Waals surface area contributed by atoms with Crippen LogP contribution < -0.4 is 25.2 Å². The highest BCUT2D eigenvalue weighted by Gasteiger charge is 2.25. The zero-order valence-corrected chi connectivity index (χ0v) is 15.1. The molecule has 0 unspecified atom stereocenters. The fourth-order valence-electron chi connectivity index (χ4n) is 1.96. The number of nitrogens with two attached hydrogens (primary N) is 2. The minimum atomic E-state index is -3.67. The molecule has 0 saturated heterocycles. The van der Waals surface area contributed by atoms with Crippen LogP contribution in [0.2, 0.25) is 0 Å². The molecule has 0 aliphatic rings. The maximum atomic E-state index is 12.7. The van der Waals surface area contributed by atoms with Gasteiger partial charge in [0.1, 0.15) is 5.75 Å². The fraction of sp³-hybridized carbons (Fsp3) is 0.125. The van der Waals surface area contributed by atoms with Gasteiger partial charge in [0.05, 0.1) is 18.4 Å². The molecule has 0 aliphatic heterocycles. The number of nitrogens with zero attached hydrogens (tertiary/aromatic N) is 1. The van der Waals surface area contributed by atoms with Crippen LogP contribution in [0.1, 0.15) is 10.4 Å². The van der Waals surface area contributed by atoms with Gasteiger partial charge >= 0.3 is 6.03 Å². The summed E-state index contributed by atoms with van der Waals surface area (Å²) in [5, 5.41) is 10.7. The summed E-state index contributed by atoms with van der Waals surface area (Å²) in [6.45, 7) is 0. The molecule has 3 amide bonds. The van der Waals surface area contributed by atoms with Gasteiger partial charge in [0, 0.05) is 7.05 Å². The molecule has 0 saturated carbocycles. The molecule has 9 nitrogen and oxygen atoms in total. The van der Waals surface area contributed by atoms with Crippen LogP contribution in [-0.4, -0.2) is 34.5 Å². The Balaban J connectivity index is 0.000000597. The van der Waals surface area contributed by atoms with Gasteiger partial charge in [-0.2, -0.15) is 8.42 Å². The molecular formula is C16H20N4O5S. The number of methoxy groups -OCH3 is 1. The molecule has 0 atom stereocenters. The van der Waals surface area contributed by atoms with Gasteiger partial charge in [0.2, 0.25) is 0 Å². The Bertz CT molecular complexity index is 848. The van der Waals surface area contributed by atoms with Crippen molar-refractivity contribution in [2.75, 3.05) is 19.1 Å². The largest absolute Gasteiger partial charge is 0.496 e. The third kappa shape index (κ3) is 6.51. The zero-order valence-electron chi connectivity index (χ0n) is 14.2. The summed E-state index contributed by atoms with van der Waals surface area (Å²) >= 11 is 0. The van der Waals surface area contributed by atoms with Crippen molar-refractivity contribution in [1.29, 1.82) is 0 Å². The zero-order chi connectivity index (χ0) is 19.7. The number of rotatable bonds is 3. The maximum Gasteiger partial charge on any atom is 0.328 e. The lowest BCUT2D eigenvalue weighted by Gasteiger charge is -2.21. The van der Waals surface area contributed by atoms with Crippen LogP contribution in [0.15, 0.2) is 54.6 Å². The molecule has 0 aromatic heterocycles. The molecule has 0 radical (unpaired) electrons. The van der Waals surface area contributed by atoms with Gasteiger partial charge in [0.25, 0.3) is 16.1 Å². The summed E-state index contributed by atoms with van der Waals surface area (Å²) in [5.74, 6) is -0.0228. The Hall–Kier alpha value is -2.95. The lowest BCUT2D eigenvalue weighted by atomic mass is 10.1. The second-order valence-corrected chi connectivity index (χ2v) is 6.00. The maximum absolute atomic E-state index is 12.7. The first kappa shape index (κ1) is 21.1. The predicted octanol–water partition coefficient (Wildman–Crippen LogP) is 0.830. The van der Waals surface area contributed by atoms with Crippen molar-refractivity contribution in [3.63, 3.8) is 0 Å². The van der Waals surface area contributed by atoms with E-state index in [9.17, 15) is 18.0 Å². The van der Waals surface area contributed by atoms with Crippen LogP contribution in [0.25, 0.3) is 0 Å². The average Bonchev–Trinajstić information content (AvgIpc) is 2.61. The Labute approximate surface area is 151 Å². The van der Waals surface area contributed by atoms with E-state index in [-0.39, 0.29) is 0 Å². The van der Waals surface area contributed by atoms with E-state index in [1.807, 2.05) is 6.07 Å². The normalized spacial score (nSPS) is 10.2. The highest BCUT2D eigenvalue weighted by Crippen LogP contribution is 2.23. The predicted molar refractivity (Wildman–Crippen MR) is 98.0 cm³/mol. The number of carbonyl (C=O) groups excluding carboxylic acids is 2. The highest BCUT2D eigenvalue weighted by atomic mass is 32.2. The first-order chi connectivity index (χ1) is 12.2. The molecule has 0 heterocycles. The fourth-order valence-corrected chi connectivity index (χ4v) is 1.96. The lowest BCUT2D eigenvalue weighted by molar-refractivity contribution is 0.0991. The average molecular weight is 380 g/mol. The van der Waals surface area contributed by atoms with E-state index in [0.717, 1.165) is 4.90 Å². The summed E-state index contributed by atoms with van der Waals surface area (Å²) in [5.41, 5.74) is 0.820. The number of imide groups is 1. The molecule has 2 rings (SSSR count). The molecule has 0 spiro atoms. The van der Waals surface area contributed by atoms with Crippen molar-refractivity contribution in [2.24, 2.45) is 10.3 Å². The number of carbonyl (C=O) groups is 2. The van der Waals surface area contributed by atoms with Gasteiger partial charge in [-0.3, -0.25) is 4.79 Å². The molecule has 0 fully saturated rings. The third-order valence-electron chi connectivity index (χ3n) is 2.97. The topological polar surface area (TPSA) is 145 Å². The van der Waals surface area contributed by atoms with Crippen LogP contribution >= 0.6 is 0 Å². The number of anilines is 1. The minimum Gasteiger partial charge on any atom is -0.496 e. The molecule has 140 valence electrons. The number of nitrogens with one attached hydrogen (secondary N) is 1. The smallest absolute Gasteiger partial charge is 0.328 e. The van der Waals surface area contributed by atoms with Gasteiger partial charge in [-0.05, 0) is 24.3 Å². The number of para-hydroxylation sites is 2. The Morgan fingerprint density at radius 2 is 1.50 bits per heavy atom. The number of hydrogen-bond acceptors (Lipinski definition) is 5. The van der Waals surface area contributed by atoms with Crippen LogP contribution in [0.5, 0.6) is 5.75 Å². The molecule has 5 N–H and O–H groups in total. The van der Waals surface area contributed by atoms with Crippen molar-refractivity contribution < 1.29 is 22.7 Å². The number of benzene rings is 2. The van der Waals surface area contributed by atoms with E-state index in [1.165, 1.54) is 14.2 Å². The van der Waals surface area contributed by atoms with Gasteiger partial charge in [-0.15, -0.1) is 0 Å². The van der Waals surface area contributed by atoms with E-state index in [0.29, 0.717) is 17.0 Å². The van der Waals surface area contributed by atoms with Gasteiger partial charge in [-0.1, -0.05) is 30.3 Å². The van der Waals surface area contributed by atoms with E-state index >= 15 is 0 Å². The van der Waals surface area contributed by atoms with Crippen molar-refractivity contribution in [2.45, 2.75) is 0 Å². The van der Waals surface area contributed by atoms with E-state index in [4.69, 9.17) is 4.74 Å². The Kier molecular flexibility index (Phi) is 7.72. The summed E-state index contributed by atoms with van der Waals surface area (Å²) in [6.07, 6.45) is 0. The van der Waals surface area contributed by atoms with E-state index in [2.05, 4.69) is 15.6 Å². The van der Waals surface area contributed by atoms with Crippen LogP contribution in [0.4, 0.5) is 10.5 Å². The summed E-state index contributed by atoms with van der Waals surface area (Å²) in [7, 11) is -0.702. The third-order valence-corrected chi connectivity index (χ3v) is 2.97. The quantitative estimate of drug-likeness (QED) is 0.722. The first-order valence-electron chi connectivity index (χ1n) is 7.23. The van der Waals surface area contributed by atoms with E-state index in [1.54, 1.807) is 48.5 Å². The van der Waals surface area contributed by atoms with Crippen molar-refractivity contribution in [3.8, 4) is 5.75 Å². The molecule has 2 aromatic carbocycles. The number of hydrogen-bond donors (Lipinski definition) is 3. The van der Waals surface area contributed by atoms with Crippen molar-refractivity contribution in [1.82, 2.24) is 5.32 Å². The van der Waals surface area contributed by atoms with E-state index < -0.39 is 22.1 Å².